The van der Waals surface area contributed by atoms with E-state index in [-0.39, 0.29) is 0 Å². The van der Waals surface area contributed by atoms with Crippen LogP contribution in [0, 0.1) is 0 Å². The summed E-state index contributed by atoms with van der Waals surface area (Å²) in [6.45, 7) is 14.1. The Morgan fingerprint density at radius 2 is 1.76 bits per heavy atom. The van der Waals surface area contributed by atoms with Crippen LogP contribution in [0.15, 0.2) is 0 Å². The zero-order chi connectivity index (χ0) is 15.9. The summed E-state index contributed by atoms with van der Waals surface area (Å²) in [5, 5.41) is 0.327. The van der Waals surface area contributed by atoms with Gasteiger partial charge in [0.2, 0.25) is 0 Å². The molecule has 4 heteroatoms. The smallest absolute Gasteiger partial charge is 0.192 e. The van der Waals surface area contributed by atoms with Crippen molar-refractivity contribution in [2.45, 2.75) is 95.0 Å². The third-order valence-corrected chi connectivity index (χ3v) is 12.4. The highest BCUT2D eigenvalue weighted by atomic mass is 32.2. The van der Waals surface area contributed by atoms with Crippen molar-refractivity contribution in [3.8, 4) is 0 Å². The van der Waals surface area contributed by atoms with Gasteiger partial charge in [-0.1, -0.05) is 34.1 Å². The molecule has 0 bridgehead atoms. The van der Waals surface area contributed by atoms with Crippen LogP contribution in [0.1, 0.15) is 66.2 Å². The lowest BCUT2D eigenvalue weighted by molar-refractivity contribution is 0.157. The van der Waals surface area contributed by atoms with Crippen LogP contribution in [-0.2, 0) is 4.43 Å². The predicted octanol–water partition coefficient (Wildman–Crippen LogP) is 6.54. The molecule has 1 nitrogen and oxygen atoms in total. The predicted molar refractivity (Wildman–Crippen MR) is 104 cm³/mol. The Kier molecular flexibility index (Phi) is 8.77. The van der Waals surface area contributed by atoms with Crippen LogP contribution in [0.5, 0.6) is 0 Å². The monoisotopic (exact) mass is 348 g/mol. The van der Waals surface area contributed by atoms with Crippen molar-refractivity contribution in [3.05, 3.63) is 0 Å². The molecule has 0 radical (unpaired) electrons. The van der Waals surface area contributed by atoms with E-state index in [9.17, 15) is 0 Å². The van der Waals surface area contributed by atoms with Gasteiger partial charge in [0.05, 0.1) is 4.58 Å². The second kappa shape index (κ2) is 9.24. The Balaban J connectivity index is 2.38. The average molecular weight is 349 g/mol. The standard InChI is InChI=1S/C17H36OS2Si/c1-7-10-15(18-21(5,6)17(2,3)4)11-8-12-16-19-13-9-14-20-16/h15-16H,7-14H2,1-6H3. The highest BCUT2D eigenvalue weighted by Gasteiger charge is 2.38. The first-order chi connectivity index (χ1) is 9.76. The molecule has 1 heterocycles. The molecule has 0 aromatic rings. The molecule has 1 saturated heterocycles. The molecule has 1 unspecified atom stereocenters. The molecule has 0 amide bonds. The van der Waals surface area contributed by atoms with E-state index in [0.29, 0.717) is 11.1 Å². The van der Waals surface area contributed by atoms with E-state index in [1.54, 1.807) is 0 Å². The van der Waals surface area contributed by atoms with Crippen molar-refractivity contribution in [1.82, 2.24) is 0 Å². The Hall–Kier alpha value is 0.877. The number of thioether (sulfide) groups is 2. The average Bonchev–Trinajstić information content (AvgIpc) is 2.38. The zero-order valence-corrected chi connectivity index (χ0v) is 17.7. The fourth-order valence-corrected chi connectivity index (χ4v) is 6.78. The minimum atomic E-state index is -1.61. The summed E-state index contributed by atoms with van der Waals surface area (Å²) in [7, 11) is -1.61. The summed E-state index contributed by atoms with van der Waals surface area (Å²) in [5.74, 6) is 2.74. The van der Waals surface area contributed by atoms with E-state index < -0.39 is 8.32 Å². The molecule has 0 aromatic heterocycles. The molecule has 1 atom stereocenters. The summed E-state index contributed by atoms with van der Waals surface area (Å²) in [5.41, 5.74) is 0. The van der Waals surface area contributed by atoms with Gasteiger partial charge in [-0.2, -0.15) is 0 Å². The lowest BCUT2D eigenvalue weighted by Crippen LogP contribution is -2.44. The third-order valence-electron chi connectivity index (χ3n) is 4.74. The number of rotatable bonds is 8. The fourth-order valence-electron chi connectivity index (χ4n) is 2.39. The van der Waals surface area contributed by atoms with Crippen LogP contribution in [-0.4, -0.2) is 30.5 Å². The van der Waals surface area contributed by atoms with Crippen molar-refractivity contribution in [2.24, 2.45) is 0 Å². The maximum atomic E-state index is 6.66. The molecule has 0 spiro atoms. The molecule has 0 aliphatic carbocycles. The van der Waals surface area contributed by atoms with E-state index in [4.69, 9.17) is 4.43 Å². The van der Waals surface area contributed by atoms with Crippen LogP contribution in [0.25, 0.3) is 0 Å². The third kappa shape index (κ3) is 7.32. The highest BCUT2D eigenvalue weighted by molar-refractivity contribution is 8.17. The van der Waals surface area contributed by atoms with Gasteiger partial charge in [-0.05, 0) is 61.7 Å². The molecule has 1 fully saturated rings. The molecule has 0 aromatic carbocycles. The van der Waals surface area contributed by atoms with Gasteiger partial charge in [0.15, 0.2) is 8.32 Å². The molecule has 1 aliphatic heterocycles. The first-order valence-corrected chi connectivity index (χ1v) is 13.7. The van der Waals surface area contributed by atoms with Gasteiger partial charge in [0, 0.05) is 6.10 Å². The second-order valence-electron chi connectivity index (χ2n) is 7.74. The van der Waals surface area contributed by atoms with Crippen molar-refractivity contribution in [3.63, 3.8) is 0 Å². The summed E-state index contributed by atoms with van der Waals surface area (Å²) in [4.78, 5) is 0. The SMILES string of the molecule is CCCC(CCCC1SCCCS1)O[Si](C)(C)C(C)(C)C. The Labute approximate surface area is 142 Å². The summed E-state index contributed by atoms with van der Waals surface area (Å²) < 4.78 is 7.51. The normalized spacial score (nSPS) is 19.7. The van der Waals surface area contributed by atoms with Gasteiger partial charge in [-0.3, -0.25) is 0 Å². The fraction of sp³-hybridized carbons (Fsp3) is 1.00. The molecule has 0 N–H and O–H groups in total. The first-order valence-electron chi connectivity index (χ1n) is 8.67. The Morgan fingerprint density at radius 1 is 1.14 bits per heavy atom. The lowest BCUT2D eigenvalue weighted by Gasteiger charge is -2.39. The topological polar surface area (TPSA) is 9.23 Å². The lowest BCUT2D eigenvalue weighted by atomic mass is 10.1. The summed E-state index contributed by atoms with van der Waals surface area (Å²) in [6.07, 6.45) is 8.34. The van der Waals surface area contributed by atoms with Gasteiger partial charge in [0.1, 0.15) is 0 Å². The molecule has 1 aliphatic rings. The second-order valence-corrected chi connectivity index (χ2v) is 15.4. The van der Waals surface area contributed by atoms with E-state index in [2.05, 4.69) is 64.3 Å². The van der Waals surface area contributed by atoms with E-state index >= 15 is 0 Å². The van der Waals surface area contributed by atoms with Crippen LogP contribution in [0.3, 0.4) is 0 Å². The van der Waals surface area contributed by atoms with E-state index in [1.165, 1.54) is 50.0 Å². The number of hydrogen-bond donors (Lipinski definition) is 0. The van der Waals surface area contributed by atoms with E-state index in [1.807, 2.05) is 0 Å². The van der Waals surface area contributed by atoms with Crippen LogP contribution < -0.4 is 0 Å². The Morgan fingerprint density at radius 3 is 2.29 bits per heavy atom. The highest BCUT2D eigenvalue weighted by Crippen LogP contribution is 2.39. The van der Waals surface area contributed by atoms with Gasteiger partial charge in [-0.25, -0.2) is 0 Å². The Bertz CT molecular complexity index is 283. The molecule has 1 rings (SSSR count). The van der Waals surface area contributed by atoms with Crippen LogP contribution >= 0.6 is 23.5 Å². The molecule has 126 valence electrons. The van der Waals surface area contributed by atoms with E-state index in [0.717, 1.165) is 4.58 Å². The van der Waals surface area contributed by atoms with Crippen molar-refractivity contribution in [1.29, 1.82) is 0 Å². The minimum absolute atomic E-state index is 0.327. The maximum absolute atomic E-state index is 6.66. The van der Waals surface area contributed by atoms with Gasteiger partial charge in [-0.15, -0.1) is 23.5 Å². The minimum Gasteiger partial charge on any atom is -0.414 e. The van der Waals surface area contributed by atoms with Crippen molar-refractivity contribution >= 4 is 31.8 Å². The molecule has 0 saturated carbocycles. The van der Waals surface area contributed by atoms with Gasteiger partial charge in [0.25, 0.3) is 0 Å². The van der Waals surface area contributed by atoms with Crippen molar-refractivity contribution < 1.29 is 4.43 Å². The van der Waals surface area contributed by atoms with Gasteiger partial charge >= 0.3 is 0 Å². The number of hydrogen-bond acceptors (Lipinski definition) is 3. The molecular weight excluding hydrogens is 312 g/mol. The molecule has 21 heavy (non-hydrogen) atoms. The summed E-state index contributed by atoms with van der Waals surface area (Å²) in [6, 6.07) is 0. The van der Waals surface area contributed by atoms with Gasteiger partial charge < -0.3 is 4.43 Å². The molecular formula is C17H36OS2Si. The maximum Gasteiger partial charge on any atom is 0.192 e. The largest absolute Gasteiger partial charge is 0.414 e. The quantitative estimate of drug-likeness (QED) is 0.461. The zero-order valence-electron chi connectivity index (χ0n) is 15.0. The van der Waals surface area contributed by atoms with Crippen LogP contribution in [0.2, 0.25) is 18.1 Å². The summed E-state index contributed by atoms with van der Waals surface area (Å²) >= 11 is 4.35. The van der Waals surface area contributed by atoms with Crippen molar-refractivity contribution in [2.75, 3.05) is 11.5 Å². The first kappa shape index (κ1) is 19.9. The van der Waals surface area contributed by atoms with Crippen LogP contribution in [0.4, 0.5) is 0 Å².